The van der Waals surface area contributed by atoms with Crippen LogP contribution in [0.5, 0.6) is 17.2 Å². The number of nitrogens with zero attached hydrogens (tertiary/aromatic N) is 1. The number of rotatable bonds is 7. The minimum absolute atomic E-state index is 0.336. The van der Waals surface area contributed by atoms with Crippen molar-refractivity contribution in [2.45, 2.75) is 6.61 Å². The molecule has 6 heteroatoms. The summed E-state index contributed by atoms with van der Waals surface area (Å²) in [6.07, 6.45) is 1.59. The Morgan fingerprint density at radius 1 is 0.926 bits per heavy atom. The lowest BCUT2D eigenvalue weighted by atomic mass is 10.1. The summed E-state index contributed by atoms with van der Waals surface area (Å²) in [5.74, 6) is 1.29. The molecule has 1 N–H and O–H groups in total. The highest BCUT2D eigenvalue weighted by molar-refractivity contribution is 6.06. The molecule has 1 aromatic heterocycles. The van der Waals surface area contributed by atoms with E-state index in [-0.39, 0.29) is 5.91 Å². The number of methoxy groups -OCH3 is 2. The van der Waals surface area contributed by atoms with Gasteiger partial charge < -0.3 is 19.5 Å². The van der Waals surface area contributed by atoms with Crippen LogP contribution in [0.4, 0.5) is 5.82 Å². The van der Waals surface area contributed by atoms with Gasteiger partial charge in [0.1, 0.15) is 6.61 Å². The van der Waals surface area contributed by atoms with E-state index in [0.29, 0.717) is 35.2 Å². The van der Waals surface area contributed by atoms with Gasteiger partial charge in [0.2, 0.25) is 0 Å². The van der Waals surface area contributed by atoms with E-state index in [2.05, 4.69) is 10.3 Å². The Bertz CT molecular complexity index is 913. The van der Waals surface area contributed by atoms with Gasteiger partial charge in [-0.15, -0.1) is 0 Å². The summed E-state index contributed by atoms with van der Waals surface area (Å²) in [5.41, 5.74) is 1.37. The smallest absolute Gasteiger partial charge is 0.260 e. The predicted molar refractivity (Wildman–Crippen MR) is 103 cm³/mol. The molecule has 0 aliphatic rings. The molecule has 3 rings (SSSR count). The Balaban J connectivity index is 1.79. The van der Waals surface area contributed by atoms with Crippen LogP contribution in [-0.2, 0) is 6.61 Å². The normalized spacial score (nSPS) is 10.1. The van der Waals surface area contributed by atoms with Crippen LogP contribution in [0, 0.1) is 0 Å². The van der Waals surface area contributed by atoms with Gasteiger partial charge in [-0.1, -0.05) is 36.4 Å². The molecule has 1 amide bonds. The van der Waals surface area contributed by atoms with Gasteiger partial charge in [0.05, 0.1) is 19.8 Å². The SMILES string of the molecule is COc1cccc(C(=O)Nc2ncccc2OCc2ccccc2)c1OC. The first-order valence-electron chi connectivity index (χ1n) is 8.37. The van der Waals surface area contributed by atoms with Gasteiger partial charge in [-0.25, -0.2) is 4.98 Å². The molecule has 27 heavy (non-hydrogen) atoms. The van der Waals surface area contributed by atoms with E-state index < -0.39 is 0 Å². The average molecular weight is 364 g/mol. The molecule has 0 saturated heterocycles. The summed E-state index contributed by atoms with van der Waals surface area (Å²) in [6.45, 7) is 0.373. The average Bonchev–Trinajstić information content (AvgIpc) is 2.73. The van der Waals surface area contributed by atoms with Gasteiger partial charge in [0.15, 0.2) is 23.1 Å². The maximum absolute atomic E-state index is 12.7. The van der Waals surface area contributed by atoms with Crippen LogP contribution in [0.15, 0.2) is 66.9 Å². The first kappa shape index (κ1) is 18.3. The third-order valence-electron chi connectivity index (χ3n) is 3.89. The molecule has 0 aliphatic carbocycles. The molecular formula is C21H20N2O4. The zero-order chi connectivity index (χ0) is 19.1. The van der Waals surface area contributed by atoms with Gasteiger partial charge in [-0.2, -0.15) is 0 Å². The molecule has 0 radical (unpaired) electrons. The monoisotopic (exact) mass is 364 g/mol. The Hall–Kier alpha value is -3.54. The molecule has 0 atom stereocenters. The van der Waals surface area contributed by atoms with Crippen LogP contribution in [0.1, 0.15) is 15.9 Å². The lowest BCUT2D eigenvalue weighted by Crippen LogP contribution is -2.15. The van der Waals surface area contributed by atoms with Gasteiger partial charge in [-0.05, 0) is 29.8 Å². The van der Waals surface area contributed by atoms with E-state index in [9.17, 15) is 4.79 Å². The fraction of sp³-hybridized carbons (Fsp3) is 0.143. The largest absolute Gasteiger partial charge is 0.493 e. The summed E-state index contributed by atoms with van der Waals surface area (Å²) in [6, 6.07) is 18.4. The number of hydrogen-bond donors (Lipinski definition) is 1. The van der Waals surface area contributed by atoms with Crippen LogP contribution in [-0.4, -0.2) is 25.1 Å². The highest BCUT2D eigenvalue weighted by atomic mass is 16.5. The molecular weight excluding hydrogens is 344 g/mol. The molecule has 3 aromatic rings. The second-order valence-electron chi connectivity index (χ2n) is 5.62. The van der Waals surface area contributed by atoms with Crippen molar-refractivity contribution in [2.75, 3.05) is 19.5 Å². The topological polar surface area (TPSA) is 69.7 Å². The van der Waals surface area contributed by atoms with Crippen LogP contribution in [0.2, 0.25) is 0 Å². The predicted octanol–water partition coefficient (Wildman–Crippen LogP) is 3.93. The van der Waals surface area contributed by atoms with Crippen LogP contribution in [0.3, 0.4) is 0 Å². The summed E-state index contributed by atoms with van der Waals surface area (Å²) in [7, 11) is 3.01. The fourth-order valence-electron chi connectivity index (χ4n) is 2.58. The highest BCUT2D eigenvalue weighted by Crippen LogP contribution is 2.32. The first-order chi connectivity index (χ1) is 13.2. The number of anilines is 1. The van der Waals surface area contributed by atoms with E-state index in [1.54, 1.807) is 36.5 Å². The van der Waals surface area contributed by atoms with Gasteiger partial charge in [0.25, 0.3) is 5.91 Å². The summed E-state index contributed by atoms with van der Waals surface area (Å²) in [4.78, 5) is 17.0. The number of aromatic nitrogens is 1. The number of para-hydroxylation sites is 1. The number of hydrogen-bond acceptors (Lipinski definition) is 5. The maximum Gasteiger partial charge on any atom is 0.260 e. The standard InChI is InChI=1S/C21H20N2O4/c1-25-17-11-6-10-16(19(17)26-2)21(24)23-20-18(12-7-13-22-20)27-14-15-8-4-3-5-9-15/h3-13H,14H2,1-2H3,(H,22,23,24). The number of ether oxygens (including phenoxy) is 3. The van der Waals surface area contributed by atoms with E-state index in [1.807, 2.05) is 30.3 Å². The molecule has 0 fully saturated rings. The van der Waals surface area contributed by atoms with Gasteiger partial charge >= 0.3 is 0 Å². The molecule has 0 spiro atoms. The lowest BCUT2D eigenvalue weighted by Gasteiger charge is -2.14. The summed E-state index contributed by atoms with van der Waals surface area (Å²) in [5, 5.41) is 2.78. The molecule has 0 unspecified atom stereocenters. The maximum atomic E-state index is 12.7. The number of nitrogens with one attached hydrogen (secondary N) is 1. The van der Waals surface area contributed by atoms with E-state index in [0.717, 1.165) is 5.56 Å². The third kappa shape index (κ3) is 4.36. The van der Waals surface area contributed by atoms with Crippen LogP contribution < -0.4 is 19.5 Å². The number of benzene rings is 2. The van der Waals surface area contributed by atoms with E-state index >= 15 is 0 Å². The van der Waals surface area contributed by atoms with Crippen molar-refractivity contribution in [3.63, 3.8) is 0 Å². The molecule has 0 saturated carbocycles. The van der Waals surface area contributed by atoms with E-state index in [1.165, 1.54) is 14.2 Å². The van der Waals surface area contributed by atoms with Crippen molar-refractivity contribution in [1.29, 1.82) is 0 Å². The third-order valence-corrected chi connectivity index (χ3v) is 3.89. The molecule has 1 heterocycles. The molecule has 138 valence electrons. The van der Waals surface area contributed by atoms with Crippen molar-refractivity contribution in [3.05, 3.63) is 78.0 Å². The molecule has 0 bridgehead atoms. The second kappa shape index (κ2) is 8.71. The Kier molecular flexibility index (Phi) is 5.89. The molecule has 6 nitrogen and oxygen atoms in total. The summed E-state index contributed by atoms with van der Waals surface area (Å²) < 4.78 is 16.4. The highest BCUT2D eigenvalue weighted by Gasteiger charge is 2.18. The van der Waals surface area contributed by atoms with Crippen molar-refractivity contribution in [1.82, 2.24) is 4.98 Å². The van der Waals surface area contributed by atoms with Crippen molar-refractivity contribution in [2.24, 2.45) is 0 Å². The van der Waals surface area contributed by atoms with Crippen LogP contribution >= 0.6 is 0 Å². The van der Waals surface area contributed by atoms with Crippen LogP contribution in [0.25, 0.3) is 0 Å². The van der Waals surface area contributed by atoms with Gasteiger partial charge in [0, 0.05) is 6.20 Å². The number of carbonyl (C=O) groups is 1. The van der Waals surface area contributed by atoms with E-state index in [4.69, 9.17) is 14.2 Å². The number of carbonyl (C=O) groups excluding carboxylic acids is 1. The zero-order valence-electron chi connectivity index (χ0n) is 15.1. The van der Waals surface area contributed by atoms with Crippen molar-refractivity contribution in [3.8, 4) is 17.2 Å². The second-order valence-corrected chi connectivity index (χ2v) is 5.62. The van der Waals surface area contributed by atoms with Crippen molar-refractivity contribution >= 4 is 11.7 Å². The fourth-order valence-corrected chi connectivity index (χ4v) is 2.58. The lowest BCUT2D eigenvalue weighted by molar-refractivity contribution is 0.102. The minimum atomic E-state index is -0.367. The zero-order valence-corrected chi connectivity index (χ0v) is 15.1. The number of pyridine rings is 1. The Morgan fingerprint density at radius 3 is 2.44 bits per heavy atom. The molecule has 0 aliphatic heterocycles. The van der Waals surface area contributed by atoms with Gasteiger partial charge in [-0.3, -0.25) is 4.79 Å². The number of amides is 1. The Labute approximate surface area is 157 Å². The Morgan fingerprint density at radius 2 is 1.70 bits per heavy atom. The minimum Gasteiger partial charge on any atom is -0.493 e. The van der Waals surface area contributed by atoms with Crippen molar-refractivity contribution < 1.29 is 19.0 Å². The molecule has 2 aromatic carbocycles. The first-order valence-corrected chi connectivity index (χ1v) is 8.37. The quantitative estimate of drug-likeness (QED) is 0.688. The summed E-state index contributed by atoms with van der Waals surface area (Å²) >= 11 is 0.